The molecule has 178 valence electrons. The number of rotatable bonds is 6. The van der Waals surface area contributed by atoms with Crippen LogP contribution in [0.2, 0.25) is 0 Å². The first-order chi connectivity index (χ1) is 16.8. The van der Waals surface area contributed by atoms with Crippen LogP contribution in [-0.2, 0) is 16.6 Å². The Balaban J connectivity index is 1.70. The van der Waals surface area contributed by atoms with E-state index in [9.17, 15) is 13.2 Å². The van der Waals surface area contributed by atoms with E-state index in [0.717, 1.165) is 21.3 Å². The Hall–Kier alpha value is -3.67. The fourth-order valence-electron chi connectivity index (χ4n) is 3.98. The molecule has 8 heteroatoms. The lowest BCUT2D eigenvalue weighted by Crippen LogP contribution is -2.30. The zero-order valence-corrected chi connectivity index (χ0v) is 21.4. The van der Waals surface area contributed by atoms with Gasteiger partial charge in [0, 0.05) is 12.1 Å². The van der Waals surface area contributed by atoms with Crippen molar-refractivity contribution in [1.82, 2.24) is 4.57 Å². The molecule has 3 aromatic carbocycles. The fraction of sp³-hybridized carbons (Fsp3) is 0.185. The molecule has 1 amide bonds. The van der Waals surface area contributed by atoms with Crippen molar-refractivity contribution in [3.63, 3.8) is 0 Å². The highest BCUT2D eigenvalue weighted by atomic mass is 32.2. The molecule has 4 rings (SSSR count). The lowest BCUT2D eigenvalue weighted by atomic mass is 10.1. The number of aryl methyl sites for hydroxylation is 2. The van der Waals surface area contributed by atoms with Crippen molar-refractivity contribution in [3.8, 4) is 12.3 Å². The second kappa shape index (κ2) is 9.90. The number of carbonyl (C=O) groups excluding carboxylic acids is 1. The van der Waals surface area contributed by atoms with Gasteiger partial charge < -0.3 is 4.57 Å². The van der Waals surface area contributed by atoms with E-state index in [0.29, 0.717) is 22.6 Å². The summed E-state index contributed by atoms with van der Waals surface area (Å²) in [6, 6.07) is 18.9. The number of benzene rings is 3. The van der Waals surface area contributed by atoms with Crippen LogP contribution >= 0.6 is 11.3 Å². The van der Waals surface area contributed by atoms with Gasteiger partial charge in [0.15, 0.2) is 4.80 Å². The van der Waals surface area contributed by atoms with Crippen molar-refractivity contribution in [3.05, 3.63) is 88.2 Å². The standard InChI is InChI=1S/C27H25N3O3S2/c1-5-16-29-24-18-19(3)17-20(4)25(24)34-27(29)28-26(31)21-12-14-23(15-13-21)35(32,33)30(6-2)22-10-8-7-9-11-22/h1,7-15,17-18H,6,16H2,2-4H3. The number of aromatic nitrogens is 1. The summed E-state index contributed by atoms with van der Waals surface area (Å²) >= 11 is 1.41. The molecule has 0 saturated carbocycles. The Morgan fingerprint density at radius 1 is 1.09 bits per heavy atom. The number of thiazole rings is 1. The van der Waals surface area contributed by atoms with Gasteiger partial charge in [-0.1, -0.05) is 41.5 Å². The highest BCUT2D eigenvalue weighted by Gasteiger charge is 2.23. The van der Waals surface area contributed by atoms with Crippen molar-refractivity contribution in [1.29, 1.82) is 0 Å². The maximum atomic E-state index is 13.2. The van der Waals surface area contributed by atoms with Gasteiger partial charge in [0.05, 0.1) is 27.3 Å². The number of para-hydroxylation sites is 1. The fourth-order valence-corrected chi connectivity index (χ4v) is 6.53. The smallest absolute Gasteiger partial charge is 0.279 e. The first kappa shape index (κ1) is 24.5. The number of sulfonamides is 1. The lowest BCUT2D eigenvalue weighted by Gasteiger charge is -2.22. The summed E-state index contributed by atoms with van der Waals surface area (Å²) in [6.07, 6.45) is 5.58. The molecule has 0 aliphatic rings. The molecule has 0 aliphatic heterocycles. The van der Waals surface area contributed by atoms with E-state index in [1.807, 2.05) is 30.5 Å². The monoisotopic (exact) mass is 503 g/mol. The Bertz CT molecular complexity index is 1610. The predicted octanol–water partition coefficient (Wildman–Crippen LogP) is 4.91. The Morgan fingerprint density at radius 3 is 2.40 bits per heavy atom. The summed E-state index contributed by atoms with van der Waals surface area (Å²) in [7, 11) is -3.78. The van der Waals surface area contributed by atoms with Gasteiger partial charge in [-0.25, -0.2) is 8.42 Å². The number of nitrogens with zero attached hydrogens (tertiary/aromatic N) is 3. The van der Waals surface area contributed by atoms with Crippen LogP contribution < -0.4 is 9.11 Å². The van der Waals surface area contributed by atoms with E-state index in [1.54, 1.807) is 31.2 Å². The molecule has 1 heterocycles. The summed E-state index contributed by atoms with van der Waals surface area (Å²) in [5, 5.41) is 0. The molecular weight excluding hydrogens is 478 g/mol. The molecule has 35 heavy (non-hydrogen) atoms. The average molecular weight is 504 g/mol. The SMILES string of the molecule is C#CCn1c(=NC(=O)c2ccc(S(=O)(=O)N(CC)c3ccccc3)cc2)sc2c(C)cc(C)cc21. The van der Waals surface area contributed by atoms with Crippen LogP contribution in [0.4, 0.5) is 5.69 Å². The highest BCUT2D eigenvalue weighted by molar-refractivity contribution is 7.92. The van der Waals surface area contributed by atoms with Crippen molar-refractivity contribution in [2.24, 2.45) is 4.99 Å². The molecule has 0 N–H and O–H groups in total. The Morgan fingerprint density at radius 2 is 1.77 bits per heavy atom. The van der Waals surface area contributed by atoms with E-state index in [4.69, 9.17) is 6.42 Å². The van der Waals surface area contributed by atoms with E-state index in [2.05, 4.69) is 17.0 Å². The third-order valence-corrected chi connectivity index (χ3v) is 8.73. The molecule has 0 spiro atoms. The van der Waals surface area contributed by atoms with Crippen LogP contribution in [-0.4, -0.2) is 25.4 Å². The van der Waals surface area contributed by atoms with Crippen molar-refractivity contribution in [2.45, 2.75) is 32.2 Å². The third-order valence-electron chi connectivity index (χ3n) is 5.58. The molecule has 0 unspecified atom stereocenters. The summed E-state index contributed by atoms with van der Waals surface area (Å²) in [5.41, 5.74) is 4.02. The van der Waals surface area contributed by atoms with Crippen LogP contribution in [0.25, 0.3) is 10.2 Å². The Labute approximate surface area is 209 Å². The van der Waals surface area contributed by atoms with E-state index < -0.39 is 15.9 Å². The van der Waals surface area contributed by atoms with Gasteiger partial charge in [0.25, 0.3) is 15.9 Å². The van der Waals surface area contributed by atoms with Crippen LogP contribution in [0.15, 0.2) is 76.6 Å². The zero-order valence-electron chi connectivity index (χ0n) is 19.7. The van der Waals surface area contributed by atoms with Crippen molar-refractivity contribution >= 4 is 43.2 Å². The number of fused-ring (bicyclic) bond motifs is 1. The normalized spacial score (nSPS) is 12.0. The molecule has 0 radical (unpaired) electrons. The van der Waals surface area contributed by atoms with Crippen LogP contribution in [0.3, 0.4) is 0 Å². The molecule has 0 bridgehead atoms. The minimum absolute atomic E-state index is 0.107. The van der Waals surface area contributed by atoms with E-state index in [-0.39, 0.29) is 11.4 Å². The van der Waals surface area contributed by atoms with Gasteiger partial charge in [-0.15, -0.1) is 6.42 Å². The first-order valence-electron chi connectivity index (χ1n) is 11.1. The quantitative estimate of drug-likeness (QED) is 0.351. The summed E-state index contributed by atoms with van der Waals surface area (Å²) in [4.78, 5) is 17.9. The molecule has 6 nitrogen and oxygen atoms in total. The number of amides is 1. The lowest BCUT2D eigenvalue weighted by molar-refractivity contribution is 0.0998. The number of hydrogen-bond acceptors (Lipinski definition) is 4. The number of anilines is 1. The molecule has 1 aromatic heterocycles. The second-order valence-electron chi connectivity index (χ2n) is 8.05. The maximum Gasteiger partial charge on any atom is 0.279 e. The van der Waals surface area contributed by atoms with Gasteiger partial charge in [-0.05, 0) is 74.4 Å². The molecular formula is C27H25N3O3S2. The second-order valence-corrected chi connectivity index (χ2v) is 10.9. The average Bonchev–Trinajstić information content (AvgIpc) is 3.17. The van der Waals surface area contributed by atoms with Gasteiger partial charge in [-0.3, -0.25) is 9.10 Å². The zero-order chi connectivity index (χ0) is 25.2. The van der Waals surface area contributed by atoms with Crippen molar-refractivity contribution in [2.75, 3.05) is 10.8 Å². The molecule has 4 aromatic rings. The van der Waals surface area contributed by atoms with Gasteiger partial charge in [0.1, 0.15) is 0 Å². The van der Waals surface area contributed by atoms with Gasteiger partial charge >= 0.3 is 0 Å². The number of terminal acetylenes is 1. The maximum absolute atomic E-state index is 13.2. The molecule has 0 saturated heterocycles. The van der Waals surface area contributed by atoms with Crippen LogP contribution in [0.5, 0.6) is 0 Å². The summed E-state index contributed by atoms with van der Waals surface area (Å²) in [5.74, 6) is 2.17. The summed E-state index contributed by atoms with van der Waals surface area (Å²) in [6.45, 7) is 6.38. The topological polar surface area (TPSA) is 71.7 Å². The van der Waals surface area contributed by atoms with Crippen LogP contribution in [0.1, 0.15) is 28.4 Å². The largest absolute Gasteiger partial charge is 0.305 e. The first-order valence-corrected chi connectivity index (χ1v) is 13.3. The molecule has 0 aliphatic carbocycles. The Kier molecular flexibility index (Phi) is 6.92. The predicted molar refractivity (Wildman–Crippen MR) is 141 cm³/mol. The minimum atomic E-state index is -3.78. The molecule has 0 atom stereocenters. The number of carbonyl (C=O) groups is 1. The summed E-state index contributed by atoms with van der Waals surface area (Å²) < 4.78 is 30.6. The highest BCUT2D eigenvalue weighted by Crippen LogP contribution is 2.25. The van der Waals surface area contributed by atoms with Crippen molar-refractivity contribution < 1.29 is 13.2 Å². The number of hydrogen-bond donors (Lipinski definition) is 0. The van der Waals surface area contributed by atoms with E-state index >= 15 is 0 Å². The minimum Gasteiger partial charge on any atom is -0.305 e. The van der Waals surface area contributed by atoms with Gasteiger partial charge in [0.2, 0.25) is 0 Å². The van der Waals surface area contributed by atoms with Crippen LogP contribution in [0, 0.1) is 26.2 Å². The van der Waals surface area contributed by atoms with E-state index in [1.165, 1.54) is 39.9 Å². The van der Waals surface area contributed by atoms with Gasteiger partial charge in [-0.2, -0.15) is 4.99 Å². The molecule has 0 fully saturated rings. The third kappa shape index (κ3) is 4.78.